The quantitative estimate of drug-likeness (QED) is 0.819. The Bertz CT molecular complexity index is 469. The van der Waals surface area contributed by atoms with Gasteiger partial charge in [0.05, 0.1) is 17.7 Å². The number of rotatable bonds is 5. The van der Waals surface area contributed by atoms with Gasteiger partial charge in [0.25, 0.3) is 0 Å². The van der Waals surface area contributed by atoms with Crippen LogP contribution in [0.4, 0.5) is 23.9 Å². The topological polar surface area (TPSA) is 64.3 Å². The molecule has 0 fully saturated rings. The third-order valence-corrected chi connectivity index (χ3v) is 3.46. The Labute approximate surface area is 112 Å². The van der Waals surface area contributed by atoms with Gasteiger partial charge in [-0.3, -0.25) is 4.79 Å². The minimum absolute atomic E-state index is 0.0795. The lowest BCUT2D eigenvalue weighted by Gasteiger charge is -2.09. The molecule has 0 radical (unpaired) electrons. The molecule has 8 heteroatoms. The molecule has 1 aromatic rings. The van der Waals surface area contributed by atoms with Gasteiger partial charge in [0.15, 0.2) is 11.5 Å². The number of alkyl halides is 3. The molecule has 0 unspecified atom stereocenters. The van der Waals surface area contributed by atoms with Crippen molar-refractivity contribution in [2.24, 2.45) is 5.92 Å². The van der Waals surface area contributed by atoms with Gasteiger partial charge in [0.2, 0.25) is 0 Å². The molecule has 3 N–H and O–H groups in total. The molecule has 0 spiro atoms. The van der Waals surface area contributed by atoms with E-state index in [9.17, 15) is 18.0 Å². The van der Waals surface area contributed by atoms with Crippen molar-refractivity contribution in [3.63, 3.8) is 0 Å². The van der Waals surface area contributed by atoms with Crippen molar-refractivity contribution in [3.8, 4) is 5.75 Å². The first-order chi connectivity index (χ1) is 8.67. The van der Waals surface area contributed by atoms with E-state index >= 15 is 0 Å². The average Bonchev–Trinajstić information content (AvgIpc) is 2.61. The van der Waals surface area contributed by atoms with Crippen LogP contribution in [0, 0.1) is 5.92 Å². The van der Waals surface area contributed by atoms with Gasteiger partial charge in [-0.15, -0.1) is 11.3 Å². The van der Waals surface area contributed by atoms with Gasteiger partial charge < -0.3 is 15.8 Å². The highest BCUT2D eigenvalue weighted by molar-refractivity contribution is 7.19. The number of halogens is 3. The van der Waals surface area contributed by atoms with Gasteiger partial charge in [-0.2, -0.15) is 13.2 Å². The Morgan fingerprint density at radius 2 is 2.05 bits per heavy atom. The Morgan fingerprint density at radius 1 is 1.47 bits per heavy atom. The molecule has 0 saturated carbocycles. The lowest BCUT2D eigenvalue weighted by Crippen LogP contribution is -2.21. The van der Waals surface area contributed by atoms with Crippen molar-refractivity contribution in [2.75, 3.05) is 24.7 Å². The van der Waals surface area contributed by atoms with Crippen LogP contribution in [0.25, 0.3) is 0 Å². The zero-order valence-corrected chi connectivity index (χ0v) is 11.5. The Kier molecular flexibility index (Phi) is 4.67. The van der Waals surface area contributed by atoms with Crippen LogP contribution < -0.4 is 15.8 Å². The van der Waals surface area contributed by atoms with E-state index in [4.69, 9.17) is 10.5 Å². The van der Waals surface area contributed by atoms with Gasteiger partial charge in [0.1, 0.15) is 11.5 Å². The number of hydrogen-bond donors (Lipinski definition) is 2. The Hall–Kier alpha value is -1.44. The Morgan fingerprint density at radius 3 is 2.47 bits per heavy atom. The van der Waals surface area contributed by atoms with Crippen LogP contribution in [0.15, 0.2) is 0 Å². The molecule has 108 valence electrons. The summed E-state index contributed by atoms with van der Waals surface area (Å²) in [7, 11) is 1.29. The number of hydrogen-bond acceptors (Lipinski definition) is 5. The molecule has 0 amide bonds. The maximum atomic E-state index is 12.2. The van der Waals surface area contributed by atoms with Crippen molar-refractivity contribution in [3.05, 3.63) is 4.88 Å². The van der Waals surface area contributed by atoms with Gasteiger partial charge in [-0.05, 0) is 0 Å². The fraction of sp³-hybridized carbons (Fsp3) is 0.545. The predicted octanol–water partition coefficient (Wildman–Crippen LogP) is 3.15. The first-order valence-corrected chi connectivity index (χ1v) is 6.30. The summed E-state index contributed by atoms with van der Waals surface area (Å²) in [4.78, 5) is 12.1. The predicted molar refractivity (Wildman–Crippen MR) is 69.0 cm³/mol. The third kappa shape index (κ3) is 3.76. The molecular weight excluding hydrogens is 281 g/mol. The molecule has 0 aliphatic heterocycles. The summed E-state index contributed by atoms with van der Waals surface area (Å²) < 4.78 is 41.5. The van der Waals surface area contributed by atoms with Gasteiger partial charge in [-0.1, -0.05) is 13.8 Å². The number of carbonyl (C=O) groups is 1. The summed E-state index contributed by atoms with van der Waals surface area (Å²) in [5.41, 5.74) is 5.82. The summed E-state index contributed by atoms with van der Waals surface area (Å²) in [5.74, 6) is -0.430. The highest BCUT2D eigenvalue weighted by Crippen LogP contribution is 2.43. The van der Waals surface area contributed by atoms with Gasteiger partial charge in [0, 0.05) is 5.92 Å². The van der Waals surface area contributed by atoms with Crippen LogP contribution in [-0.2, 0) is 0 Å². The number of carbonyl (C=O) groups excluding carboxylic acids is 1. The molecule has 0 saturated heterocycles. The largest absolute Gasteiger partial charge is 0.492 e. The number of thiophene rings is 1. The molecule has 1 heterocycles. The number of nitrogen functional groups attached to an aromatic ring is 1. The number of methoxy groups -OCH3 is 1. The second-order valence-electron chi connectivity index (χ2n) is 4.19. The van der Waals surface area contributed by atoms with Crippen molar-refractivity contribution in [2.45, 2.75) is 20.0 Å². The highest BCUT2D eigenvalue weighted by Gasteiger charge is 2.29. The van der Waals surface area contributed by atoms with Crippen LogP contribution in [0.2, 0.25) is 0 Å². The molecule has 0 aliphatic rings. The summed E-state index contributed by atoms with van der Waals surface area (Å²) in [5, 5.41) is 2.31. The standard InChI is InChI=1S/C11H15F3N2O2S/c1-5(2)7(17)9-6(15)8(18-3)10(19-9)16-4-11(12,13)14/h5,16H,4,15H2,1-3H3. The lowest BCUT2D eigenvalue weighted by molar-refractivity contribution is -0.115. The van der Waals surface area contributed by atoms with Crippen molar-refractivity contribution >= 4 is 27.8 Å². The fourth-order valence-electron chi connectivity index (χ4n) is 1.37. The summed E-state index contributed by atoms with van der Waals surface area (Å²) in [6.07, 6.45) is -4.36. The van der Waals surface area contributed by atoms with Gasteiger partial charge in [-0.25, -0.2) is 0 Å². The van der Waals surface area contributed by atoms with Crippen molar-refractivity contribution < 1.29 is 22.7 Å². The molecule has 1 aromatic heterocycles. The minimum Gasteiger partial charge on any atom is -0.492 e. The summed E-state index contributed by atoms with van der Waals surface area (Å²) >= 11 is 0.877. The molecular formula is C11H15F3N2O2S. The van der Waals surface area contributed by atoms with E-state index in [1.54, 1.807) is 13.8 Å². The van der Waals surface area contributed by atoms with Crippen molar-refractivity contribution in [1.29, 1.82) is 0 Å². The Balaban J connectivity index is 3.06. The molecule has 0 bridgehead atoms. The first kappa shape index (κ1) is 15.6. The number of Topliss-reactive ketones (excluding diaryl/α,β-unsaturated/α-hetero) is 1. The number of ketones is 1. The molecule has 19 heavy (non-hydrogen) atoms. The number of nitrogens with one attached hydrogen (secondary N) is 1. The van der Waals surface area contributed by atoms with E-state index in [0.29, 0.717) is 0 Å². The summed E-state index contributed by atoms with van der Waals surface area (Å²) in [6.45, 7) is 2.17. The third-order valence-electron chi connectivity index (χ3n) is 2.30. The van der Waals surface area contributed by atoms with Crippen LogP contribution in [-0.4, -0.2) is 25.6 Å². The number of ether oxygens (including phenoxy) is 1. The normalized spacial score (nSPS) is 11.7. The lowest BCUT2D eigenvalue weighted by atomic mass is 10.1. The number of anilines is 2. The van der Waals surface area contributed by atoms with Crippen LogP contribution in [0.1, 0.15) is 23.5 Å². The monoisotopic (exact) mass is 296 g/mol. The minimum atomic E-state index is -4.36. The van der Waals surface area contributed by atoms with E-state index in [1.807, 2.05) is 0 Å². The smallest absolute Gasteiger partial charge is 0.405 e. The van der Waals surface area contributed by atoms with E-state index < -0.39 is 12.7 Å². The molecule has 4 nitrogen and oxygen atoms in total. The number of nitrogens with two attached hydrogens (primary N) is 1. The highest BCUT2D eigenvalue weighted by atomic mass is 32.1. The zero-order valence-electron chi connectivity index (χ0n) is 10.7. The van der Waals surface area contributed by atoms with Crippen molar-refractivity contribution in [1.82, 2.24) is 0 Å². The van der Waals surface area contributed by atoms with Crippen LogP contribution >= 0.6 is 11.3 Å². The zero-order chi connectivity index (χ0) is 14.8. The molecule has 0 aliphatic carbocycles. The fourth-order valence-corrected chi connectivity index (χ4v) is 2.55. The SMILES string of the molecule is COc1c(NCC(F)(F)F)sc(C(=O)C(C)C)c1N. The van der Waals surface area contributed by atoms with Crippen LogP contribution in [0.5, 0.6) is 5.75 Å². The van der Waals surface area contributed by atoms with Crippen LogP contribution in [0.3, 0.4) is 0 Å². The maximum absolute atomic E-state index is 12.2. The second-order valence-corrected chi connectivity index (χ2v) is 5.22. The average molecular weight is 296 g/mol. The van der Waals surface area contributed by atoms with Gasteiger partial charge >= 0.3 is 6.18 Å². The molecule has 0 aromatic carbocycles. The first-order valence-electron chi connectivity index (χ1n) is 5.48. The van der Waals surface area contributed by atoms with E-state index in [0.717, 1.165) is 11.3 Å². The van der Waals surface area contributed by atoms with E-state index in [-0.39, 0.29) is 33.0 Å². The van der Waals surface area contributed by atoms with E-state index in [2.05, 4.69) is 5.32 Å². The second kappa shape index (κ2) is 5.68. The molecule has 0 atom stereocenters. The maximum Gasteiger partial charge on any atom is 0.405 e. The molecule has 1 rings (SSSR count). The van der Waals surface area contributed by atoms with E-state index in [1.165, 1.54) is 7.11 Å². The summed E-state index contributed by atoms with van der Waals surface area (Å²) in [6, 6.07) is 0.